The Morgan fingerprint density at radius 2 is 1.04 bits per heavy atom. The quantitative estimate of drug-likeness (QED) is 0.617. The second-order valence-electron chi connectivity index (χ2n) is 12.5. The van der Waals surface area contributed by atoms with Crippen molar-refractivity contribution in [2.24, 2.45) is 0 Å². The monoisotopic (exact) mass is 394 g/mol. The first-order chi connectivity index (χ1) is 12.1. The standard InChI is InChI=1S/C23H48N3Si/c1-20(2)14-18(15-21(3,4)24-20)26(12-11-13-27(9)10)19-16-22(5,6)25-23(7,8)17-19/h18-19,24-25H,11-17H2,1-10H3. The van der Waals surface area contributed by atoms with E-state index in [0.717, 1.165) is 0 Å². The first kappa shape index (κ1) is 23.4. The lowest BCUT2D eigenvalue weighted by Crippen LogP contribution is -2.67. The summed E-state index contributed by atoms with van der Waals surface area (Å²) in [5.41, 5.74) is 0.861. The normalized spacial score (nSPS) is 28.0. The molecule has 0 bridgehead atoms. The van der Waals surface area contributed by atoms with Gasteiger partial charge in [0, 0.05) is 43.0 Å². The van der Waals surface area contributed by atoms with Crippen LogP contribution in [-0.4, -0.2) is 54.5 Å². The molecule has 2 heterocycles. The number of hydrogen-bond donors (Lipinski definition) is 2. The second kappa shape index (κ2) is 8.08. The van der Waals surface area contributed by atoms with Gasteiger partial charge in [-0.2, -0.15) is 0 Å². The predicted molar refractivity (Wildman–Crippen MR) is 122 cm³/mol. The highest BCUT2D eigenvalue weighted by atomic mass is 28.3. The van der Waals surface area contributed by atoms with Gasteiger partial charge in [0.1, 0.15) is 0 Å². The summed E-state index contributed by atoms with van der Waals surface area (Å²) in [5.74, 6) is 0. The van der Waals surface area contributed by atoms with Crippen LogP contribution in [0.5, 0.6) is 0 Å². The van der Waals surface area contributed by atoms with E-state index in [9.17, 15) is 0 Å². The SMILES string of the molecule is C[Si](C)CCCN(C1CC(C)(C)NC(C)(C)C1)C1CC(C)(C)NC(C)(C)C1. The van der Waals surface area contributed by atoms with E-state index >= 15 is 0 Å². The van der Waals surface area contributed by atoms with Gasteiger partial charge in [-0.3, -0.25) is 4.90 Å². The Labute approximate surface area is 172 Å². The number of nitrogens with zero attached hydrogens (tertiary/aromatic N) is 1. The fourth-order valence-corrected chi connectivity index (χ4v) is 7.15. The summed E-state index contributed by atoms with van der Waals surface area (Å²) in [5, 5.41) is 7.79. The van der Waals surface area contributed by atoms with Gasteiger partial charge in [0.2, 0.25) is 0 Å². The van der Waals surface area contributed by atoms with Crippen molar-refractivity contribution in [1.82, 2.24) is 15.5 Å². The van der Waals surface area contributed by atoms with Gasteiger partial charge < -0.3 is 10.6 Å². The summed E-state index contributed by atoms with van der Waals surface area (Å²) in [6.07, 6.45) is 6.42. The summed E-state index contributed by atoms with van der Waals surface area (Å²) >= 11 is 0. The summed E-state index contributed by atoms with van der Waals surface area (Å²) in [7, 11) is -0.132. The van der Waals surface area contributed by atoms with Crippen molar-refractivity contribution in [2.45, 2.75) is 141 Å². The number of nitrogens with one attached hydrogen (secondary N) is 2. The predicted octanol–water partition coefficient (Wildman–Crippen LogP) is 5.05. The molecule has 1 radical (unpaired) electrons. The molecule has 0 aliphatic carbocycles. The molecule has 2 N–H and O–H groups in total. The van der Waals surface area contributed by atoms with Gasteiger partial charge in [-0.05, 0) is 94.0 Å². The van der Waals surface area contributed by atoms with Crippen LogP contribution in [-0.2, 0) is 0 Å². The Morgan fingerprint density at radius 3 is 1.33 bits per heavy atom. The minimum atomic E-state index is -0.132. The van der Waals surface area contributed by atoms with Crippen LogP contribution >= 0.6 is 0 Å². The van der Waals surface area contributed by atoms with Crippen LogP contribution in [0.2, 0.25) is 19.1 Å². The van der Waals surface area contributed by atoms with Gasteiger partial charge in [-0.15, -0.1) is 0 Å². The summed E-state index contributed by atoms with van der Waals surface area (Å²) < 4.78 is 0. The third-order valence-corrected chi connectivity index (χ3v) is 7.72. The Bertz CT molecular complexity index is 426. The molecular weight excluding hydrogens is 346 g/mol. The van der Waals surface area contributed by atoms with Gasteiger partial charge in [-0.1, -0.05) is 19.1 Å². The molecule has 0 aromatic rings. The number of hydrogen-bond acceptors (Lipinski definition) is 3. The first-order valence-corrected chi connectivity index (χ1v) is 13.9. The van der Waals surface area contributed by atoms with E-state index in [4.69, 9.17) is 0 Å². The average molecular weight is 395 g/mol. The fourth-order valence-electron chi connectivity index (χ4n) is 6.28. The van der Waals surface area contributed by atoms with Gasteiger partial charge in [0.05, 0.1) is 0 Å². The molecule has 2 aliphatic heterocycles. The van der Waals surface area contributed by atoms with Crippen LogP contribution in [0.1, 0.15) is 87.5 Å². The number of rotatable bonds is 6. The van der Waals surface area contributed by atoms with E-state index in [-0.39, 0.29) is 31.0 Å². The minimum absolute atomic E-state index is 0.132. The zero-order chi connectivity index (χ0) is 20.7. The van der Waals surface area contributed by atoms with Crippen molar-refractivity contribution in [3.8, 4) is 0 Å². The van der Waals surface area contributed by atoms with Crippen LogP contribution in [0.3, 0.4) is 0 Å². The van der Waals surface area contributed by atoms with Crippen LogP contribution in [0.4, 0.5) is 0 Å². The molecule has 0 unspecified atom stereocenters. The Morgan fingerprint density at radius 1 is 0.704 bits per heavy atom. The van der Waals surface area contributed by atoms with Crippen molar-refractivity contribution >= 4 is 8.80 Å². The molecule has 2 aliphatic rings. The maximum atomic E-state index is 3.89. The average Bonchev–Trinajstić information content (AvgIpc) is 2.35. The van der Waals surface area contributed by atoms with E-state index in [1.165, 1.54) is 44.7 Å². The lowest BCUT2D eigenvalue weighted by Gasteiger charge is -2.55. The molecular formula is C23H48N3Si. The van der Waals surface area contributed by atoms with Crippen LogP contribution in [0.15, 0.2) is 0 Å². The van der Waals surface area contributed by atoms with Gasteiger partial charge in [0.15, 0.2) is 0 Å². The molecule has 0 aromatic heterocycles. The molecule has 0 spiro atoms. The second-order valence-corrected chi connectivity index (χ2v) is 15.4. The lowest BCUT2D eigenvalue weighted by atomic mass is 9.75. The Hall–Kier alpha value is 0.0969. The molecule has 0 aromatic carbocycles. The number of piperidine rings is 2. The highest BCUT2D eigenvalue weighted by molar-refractivity contribution is 6.55. The zero-order valence-electron chi connectivity index (χ0n) is 20.1. The molecule has 0 amide bonds. The van der Waals surface area contributed by atoms with Crippen molar-refractivity contribution < 1.29 is 0 Å². The van der Waals surface area contributed by atoms with E-state index in [0.29, 0.717) is 12.1 Å². The van der Waals surface area contributed by atoms with Crippen molar-refractivity contribution in [1.29, 1.82) is 0 Å². The molecule has 3 nitrogen and oxygen atoms in total. The van der Waals surface area contributed by atoms with Crippen molar-refractivity contribution in [2.75, 3.05) is 6.54 Å². The molecule has 0 saturated carbocycles. The zero-order valence-corrected chi connectivity index (χ0v) is 21.1. The third kappa shape index (κ3) is 7.13. The summed E-state index contributed by atoms with van der Waals surface area (Å²) in [4.78, 5) is 2.96. The maximum absolute atomic E-state index is 3.89. The topological polar surface area (TPSA) is 27.3 Å². The lowest BCUT2D eigenvalue weighted by molar-refractivity contribution is -0.00199. The molecule has 2 saturated heterocycles. The smallest absolute Gasteiger partial charge is 0.0413 e. The Balaban J connectivity index is 2.25. The van der Waals surface area contributed by atoms with Crippen LogP contribution in [0.25, 0.3) is 0 Å². The van der Waals surface area contributed by atoms with Crippen molar-refractivity contribution in [3.05, 3.63) is 0 Å². The Kier molecular flexibility index (Phi) is 7.00. The van der Waals surface area contributed by atoms with Crippen LogP contribution in [0, 0.1) is 0 Å². The highest BCUT2D eigenvalue weighted by Gasteiger charge is 2.45. The van der Waals surface area contributed by atoms with E-state index in [2.05, 4.69) is 84.0 Å². The highest BCUT2D eigenvalue weighted by Crippen LogP contribution is 2.38. The molecule has 159 valence electrons. The largest absolute Gasteiger partial charge is 0.307 e. The summed E-state index contributed by atoms with van der Waals surface area (Å²) in [6.45, 7) is 25.4. The minimum Gasteiger partial charge on any atom is -0.307 e. The summed E-state index contributed by atoms with van der Waals surface area (Å²) in [6, 6.07) is 2.82. The molecule has 27 heavy (non-hydrogen) atoms. The first-order valence-electron chi connectivity index (χ1n) is 11.2. The molecule has 2 rings (SSSR count). The third-order valence-electron chi connectivity index (χ3n) is 6.37. The van der Waals surface area contributed by atoms with Gasteiger partial charge in [-0.25, -0.2) is 0 Å². The van der Waals surface area contributed by atoms with Crippen LogP contribution < -0.4 is 10.6 Å². The molecule has 2 fully saturated rings. The van der Waals surface area contributed by atoms with Gasteiger partial charge in [0.25, 0.3) is 0 Å². The van der Waals surface area contributed by atoms with E-state index < -0.39 is 0 Å². The van der Waals surface area contributed by atoms with Crippen molar-refractivity contribution in [3.63, 3.8) is 0 Å². The van der Waals surface area contributed by atoms with Gasteiger partial charge >= 0.3 is 0 Å². The van der Waals surface area contributed by atoms with E-state index in [1.54, 1.807) is 0 Å². The maximum Gasteiger partial charge on any atom is 0.0413 e. The van der Waals surface area contributed by atoms with E-state index in [1.807, 2.05) is 0 Å². The molecule has 0 atom stereocenters. The molecule has 4 heteroatoms. The fraction of sp³-hybridized carbons (Fsp3) is 1.00.